The van der Waals surface area contributed by atoms with Gasteiger partial charge in [-0.3, -0.25) is 14.4 Å². The Morgan fingerprint density at radius 2 is 1.76 bits per heavy atom. The maximum absolute atomic E-state index is 13.3. The molecule has 3 heterocycles. The van der Waals surface area contributed by atoms with E-state index in [1.165, 1.54) is 0 Å². The van der Waals surface area contributed by atoms with E-state index in [1.54, 1.807) is 19.5 Å². The van der Waals surface area contributed by atoms with Gasteiger partial charge in [-0.25, -0.2) is 9.97 Å². The van der Waals surface area contributed by atoms with Gasteiger partial charge in [0.1, 0.15) is 11.4 Å². The van der Waals surface area contributed by atoms with Crippen molar-refractivity contribution in [3.8, 4) is 17.0 Å². The average molecular weight is 498 g/mol. The summed E-state index contributed by atoms with van der Waals surface area (Å²) in [5.41, 5.74) is 3.16. The second-order valence-electron chi connectivity index (χ2n) is 8.94. The third-order valence-corrected chi connectivity index (χ3v) is 6.46. The lowest BCUT2D eigenvalue weighted by Crippen LogP contribution is -2.49. The fourth-order valence-electron chi connectivity index (χ4n) is 4.47. The number of carbonyl (C=O) groups excluding carboxylic acids is 1. The predicted molar refractivity (Wildman–Crippen MR) is 143 cm³/mol. The lowest BCUT2D eigenvalue weighted by Gasteiger charge is -2.34. The molecule has 0 bridgehead atoms. The standard InChI is InChI=1S/C28H31N7O2/c1-37-24-10-5-9-23(19-24)26-25(21-35(32-26)20-22-7-3-2-4-8-22)27(36)29-13-14-33-15-17-34(18-16-33)28-30-11-6-12-31-28/h2-12,19,21H,13-18,20H2,1H3,(H,29,36). The van der Waals surface area contributed by atoms with E-state index >= 15 is 0 Å². The molecular formula is C28H31N7O2. The Kier molecular flexibility index (Phi) is 7.71. The fraction of sp³-hybridized carbons (Fsp3) is 0.286. The number of nitrogens with zero attached hydrogens (tertiary/aromatic N) is 6. The quantitative estimate of drug-likeness (QED) is 0.380. The van der Waals surface area contributed by atoms with Gasteiger partial charge in [0, 0.05) is 63.4 Å². The monoisotopic (exact) mass is 497 g/mol. The van der Waals surface area contributed by atoms with Crippen molar-refractivity contribution in [1.29, 1.82) is 0 Å². The normalized spacial score (nSPS) is 13.9. The number of hydrogen-bond acceptors (Lipinski definition) is 7. The largest absolute Gasteiger partial charge is 0.497 e. The first-order valence-corrected chi connectivity index (χ1v) is 12.5. The number of hydrogen-bond donors (Lipinski definition) is 1. The summed E-state index contributed by atoms with van der Waals surface area (Å²) in [7, 11) is 1.63. The molecule has 0 aliphatic carbocycles. The zero-order chi connectivity index (χ0) is 25.5. The van der Waals surface area contributed by atoms with Crippen molar-refractivity contribution in [2.45, 2.75) is 6.54 Å². The van der Waals surface area contributed by atoms with Gasteiger partial charge in [0.25, 0.3) is 5.91 Å². The molecule has 0 spiro atoms. The number of benzene rings is 2. The van der Waals surface area contributed by atoms with Crippen LogP contribution in [-0.2, 0) is 6.54 Å². The highest BCUT2D eigenvalue weighted by atomic mass is 16.5. The van der Waals surface area contributed by atoms with Crippen LogP contribution in [0.15, 0.2) is 79.3 Å². The molecule has 1 fully saturated rings. The van der Waals surface area contributed by atoms with E-state index < -0.39 is 0 Å². The van der Waals surface area contributed by atoms with Crippen LogP contribution >= 0.6 is 0 Å². The second kappa shape index (κ2) is 11.7. The first-order valence-electron chi connectivity index (χ1n) is 12.5. The van der Waals surface area contributed by atoms with Crippen molar-refractivity contribution in [2.75, 3.05) is 51.3 Å². The maximum atomic E-state index is 13.3. The van der Waals surface area contributed by atoms with E-state index in [-0.39, 0.29) is 5.91 Å². The zero-order valence-corrected chi connectivity index (χ0v) is 21.0. The molecule has 0 atom stereocenters. The molecule has 2 aromatic heterocycles. The van der Waals surface area contributed by atoms with Gasteiger partial charge >= 0.3 is 0 Å². The SMILES string of the molecule is COc1cccc(-c2nn(Cc3ccccc3)cc2C(=O)NCCN2CCN(c3ncccn3)CC2)c1. The van der Waals surface area contributed by atoms with E-state index in [0.29, 0.717) is 24.3 Å². The Hall–Kier alpha value is -4.24. The molecule has 1 saturated heterocycles. The minimum atomic E-state index is -0.131. The highest BCUT2D eigenvalue weighted by Gasteiger charge is 2.21. The van der Waals surface area contributed by atoms with Crippen LogP contribution in [0, 0.1) is 0 Å². The van der Waals surface area contributed by atoms with Gasteiger partial charge in [0.15, 0.2) is 0 Å². The van der Waals surface area contributed by atoms with Crippen LogP contribution in [0.2, 0.25) is 0 Å². The zero-order valence-electron chi connectivity index (χ0n) is 21.0. The van der Waals surface area contributed by atoms with Crippen LogP contribution in [0.1, 0.15) is 15.9 Å². The number of aromatic nitrogens is 4. The number of piperazine rings is 1. The smallest absolute Gasteiger partial charge is 0.255 e. The summed E-state index contributed by atoms with van der Waals surface area (Å²) in [6, 6.07) is 19.6. The molecule has 0 unspecified atom stereocenters. The molecule has 9 heteroatoms. The highest BCUT2D eigenvalue weighted by Crippen LogP contribution is 2.26. The summed E-state index contributed by atoms with van der Waals surface area (Å²) in [5.74, 6) is 1.36. The Labute approximate surface area is 216 Å². The number of nitrogens with one attached hydrogen (secondary N) is 1. The van der Waals surface area contributed by atoms with Crippen molar-refractivity contribution < 1.29 is 9.53 Å². The summed E-state index contributed by atoms with van der Waals surface area (Å²) in [6.07, 6.45) is 5.37. The molecule has 5 rings (SSSR count). The molecule has 190 valence electrons. The van der Waals surface area contributed by atoms with Crippen molar-refractivity contribution in [3.63, 3.8) is 0 Å². The van der Waals surface area contributed by atoms with E-state index in [1.807, 2.05) is 59.4 Å². The lowest BCUT2D eigenvalue weighted by atomic mass is 10.1. The Morgan fingerprint density at radius 3 is 2.51 bits per heavy atom. The van der Waals surface area contributed by atoms with E-state index in [2.05, 4.69) is 37.2 Å². The summed E-state index contributed by atoms with van der Waals surface area (Å²) in [6.45, 7) is 5.45. The van der Waals surface area contributed by atoms with Crippen molar-refractivity contribution in [2.24, 2.45) is 0 Å². The van der Waals surface area contributed by atoms with Gasteiger partial charge in [0.05, 0.1) is 19.2 Å². The first kappa shape index (κ1) is 24.5. The van der Waals surface area contributed by atoms with Crippen LogP contribution in [-0.4, -0.2) is 76.9 Å². The molecule has 37 heavy (non-hydrogen) atoms. The van der Waals surface area contributed by atoms with E-state index in [4.69, 9.17) is 9.84 Å². The average Bonchev–Trinajstić information content (AvgIpc) is 3.38. The Morgan fingerprint density at radius 1 is 0.973 bits per heavy atom. The molecule has 0 saturated carbocycles. The third-order valence-electron chi connectivity index (χ3n) is 6.46. The van der Waals surface area contributed by atoms with Crippen LogP contribution in [0.25, 0.3) is 11.3 Å². The van der Waals surface area contributed by atoms with Crippen molar-refractivity contribution >= 4 is 11.9 Å². The van der Waals surface area contributed by atoms with Gasteiger partial charge in [-0.15, -0.1) is 0 Å². The molecule has 1 aliphatic heterocycles. The molecule has 9 nitrogen and oxygen atoms in total. The van der Waals surface area contributed by atoms with Gasteiger partial charge in [-0.1, -0.05) is 42.5 Å². The molecule has 1 N–H and O–H groups in total. The number of rotatable bonds is 9. The summed E-state index contributed by atoms with van der Waals surface area (Å²) in [5, 5.41) is 7.88. The van der Waals surface area contributed by atoms with Crippen LogP contribution in [0.3, 0.4) is 0 Å². The van der Waals surface area contributed by atoms with Crippen LogP contribution in [0.4, 0.5) is 5.95 Å². The maximum Gasteiger partial charge on any atom is 0.255 e. The summed E-state index contributed by atoms with van der Waals surface area (Å²) < 4.78 is 7.22. The number of amides is 1. The topological polar surface area (TPSA) is 88.4 Å². The van der Waals surface area contributed by atoms with Gasteiger partial charge in [-0.2, -0.15) is 5.10 Å². The predicted octanol–water partition coefficient (Wildman–Crippen LogP) is 2.95. The summed E-state index contributed by atoms with van der Waals surface area (Å²) >= 11 is 0. The van der Waals surface area contributed by atoms with Gasteiger partial charge < -0.3 is 15.0 Å². The molecular weight excluding hydrogens is 466 g/mol. The Bertz CT molecular complexity index is 1300. The van der Waals surface area contributed by atoms with Gasteiger partial charge in [0.2, 0.25) is 5.95 Å². The molecule has 2 aromatic carbocycles. The minimum Gasteiger partial charge on any atom is -0.497 e. The summed E-state index contributed by atoms with van der Waals surface area (Å²) in [4.78, 5) is 26.5. The van der Waals surface area contributed by atoms with Crippen LogP contribution in [0.5, 0.6) is 5.75 Å². The fourth-order valence-corrected chi connectivity index (χ4v) is 4.47. The molecule has 1 aliphatic rings. The number of methoxy groups -OCH3 is 1. The number of anilines is 1. The van der Waals surface area contributed by atoms with E-state index in [9.17, 15) is 4.79 Å². The van der Waals surface area contributed by atoms with E-state index in [0.717, 1.165) is 55.5 Å². The molecule has 4 aromatic rings. The minimum absolute atomic E-state index is 0.131. The second-order valence-corrected chi connectivity index (χ2v) is 8.94. The molecule has 0 radical (unpaired) electrons. The third kappa shape index (κ3) is 6.13. The van der Waals surface area contributed by atoms with Gasteiger partial charge in [-0.05, 0) is 23.8 Å². The van der Waals surface area contributed by atoms with Crippen molar-refractivity contribution in [3.05, 3.63) is 90.4 Å². The van der Waals surface area contributed by atoms with Crippen molar-refractivity contribution in [1.82, 2.24) is 30.0 Å². The molecule has 1 amide bonds. The lowest BCUT2D eigenvalue weighted by molar-refractivity contribution is 0.0948. The number of carbonyl (C=O) groups is 1. The van der Waals surface area contributed by atoms with Crippen LogP contribution < -0.4 is 15.0 Å². The highest BCUT2D eigenvalue weighted by molar-refractivity contribution is 5.99. The Balaban J connectivity index is 1.23. The first-order chi connectivity index (χ1) is 18.2. The number of ether oxygens (including phenoxy) is 1.